The van der Waals surface area contributed by atoms with Crippen molar-refractivity contribution in [1.82, 2.24) is 15.5 Å². The Morgan fingerprint density at radius 1 is 1.27 bits per heavy atom. The topological polar surface area (TPSA) is 53.6 Å². The summed E-state index contributed by atoms with van der Waals surface area (Å²) in [7, 11) is 0. The fourth-order valence-corrected chi connectivity index (χ4v) is 4.37. The van der Waals surface area contributed by atoms with Crippen LogP contribution in [0.5, 0.6) is 0 Å². The van der Waals surface area contributed by atoms with Crippen LogP contribution in [0.4, 0.5) is 0 Å². The molecule has 4 unspecified atom stereocenters. The molecule has 0 bridgehead atoms. The summed E-state index contributed by atoms with van der Waals surface area (Å²) in [6, 6.07) is 2.10. The van der Waals surface area contributed by atoms with Gasteiger partial charge in [0, 0.05) is 43.7 Å². The van der Waals surface area contributed by atoms with Gasteiger partial charge in [-0.2, -0.15) is 0 Å². The largest absolute Gasteiger partial charge is 0.379 e. The lowest BCUT2D eigenvalue weighted by molar-refractivity contribution is -0.119. The second-order valence-electron chi connectivity index (χ2n) is 7.21. The minimum atomic E-state index is 0.223. The molecule has 3 fully saturated rings. The van der Waals surface area contributed by atoms with E-state index in [2.05, 4.69) is 22.5 Å². The number of hydrogen-bond donors (Lipinski definition) is 2. The molecule has 0 radical (unpaired) electrons. The van der Waals surface area contributed by atoms with Crippen LogP contribution in [0.2, 0.25) is 0 Å². The van der Waals surface area contributed by atoms with Crippen LogP contribution in [0, 0.1) is 0 Å². The van der Waals surface area contributed by atoms with E-state index < -0.39 is 0 Å². The summed E-state index contributed by atoms with van der Waals surface area (Å²) in [5.74, 6) is 0.223. The fourth-order valence-electron chi connectivity index (χ4n) is 4.37. The quantitative estimate of drug-likeness (QED) is 0.803. The predicted octanol–water partition coefficient (Wildman–Crippen LogP) is 1.28. The molecule has 0 aromatic carbocycles. The van der Waals surface area contributed by atoms with Crippen molar-refractivity contribution < 1.29 is 9.53 Å². The van der Waals surface area contributed by atoms with Crippen molar-refractivity contribution in [2.75, 3.05) is 26.3 Å². The molecule has 4 atom stereocenters. The zero-order chi connectivity index (χ0) is 15.4. The Labute approximate surface area is 134 Å². The van der Waals surface area contributed by atoms with Gasteiger partial charge in [-0.25, -0.2) is 0 Å². The number of carbonyl (C=O) groups excluding carboxylic acids is 1. The van der Waals surface area contributed by atoms with Crippen LogP contribution in [0.25, 0.3) is 0 Å². The molecular formula is C17H31N3O2. The molecule has 0 spiro atoms. The first-order valence-electron chi connectivity index (χ1n) is 9.09. The first-order chi connectivity index (χ1) is 10.7. The summed E-state index contributed by atoms with van der Waals surface area (Å²) in [5, 5.41) is 6.96. The molecule has 3 aliphatic rings. The number of carbonyl (C=O) groups is 1. The smallest absolute Gasteiger partial charge is 0.220 e. The molecule has 1 amide bonds. The third-order valence-corrected chi connectivity index (χ3v) is 5.47. The summed E-state index contributed by atoms with van der Waals surface area (Å²) in [6.07, 6.45) is 8.05. The third-order valence-electron chi connectivity index (χ3n) is 5.47. The van der Waals surface area contributed by atoms with Gasteiger partial charge in [-0.1, -0.05) is 12.8 Å². The second-order valence-corrected chi connectivity index (χ2v) is 7.21. The van der Waals surface area contributed by atoms with Gasteiger partial charge in [0.05, 0.1) is 13.2 Å². The van der Waals surface area contributed by atoms with Crippen molar-refractivity contribution in [3.63, 3.8) is 0 Å². The maximum absolute atomic E-state index is 11.3. The van der Waals surface area contributed by atoms with Crippen molar-refractivity contribution in [2.24, 2.45) is 0 Å². The van der Waals surface area contributed by atoms with Gasteiger partial charge in [-0.3, -0.25) is 9.69 Å². The van der Waals surface area contributed by atoms with E-state index >= 15 is 0 Å². The molecule has 0 aromatic heterocycles. The molecule has 22 heavy (non-hydrogen) atoms. The molecule has 1 aliphatic carbocycles. The van der Waals surface area contributed by atoms with Crippen LogP contribution in [0.15, 0.2) is 0 Å². The monoisotopic (exact) mass is 309 g/mol. The molecule has 5 nitrogen and oxygen atoms in total. The number of hydrogen-bond acceptors (Lipinski definition) is 4. The molecule has 2 aliphatic heterocycles. The molecule has 2 saturated heterocycles. The Bertz CT molecular complexity index is 371. The molecule has 2 N–H and O–H groups in total. The highest BCUT2D eigenvalue weighted by Crippen LogP contribution is 2.25. The normalized spacial score (nSPS) is 35.3. The van der Waals surface area contributed by atoms with Crippen LogP contribution in [-0.4, -0.2) is 61.3 Å². The van der Waals surface area contributed by atoms with Crippen LogP contribution in [0.1, 0.15) is 51.9 Å². The van der Waals surface area contributed by atoms with E-state index in [0.29, 0.717) is 30.6 Å². The van der Waals surface area contributed by atoms with E-state index in [9.17, 15) is 4.79 Å². The maximum atomic E-state index is 11.3. The number of nitrogens with one attached hydrogen (secondary N) is 2. The average molecular weight is 309 g/mol. The minimum Gasteiger partial charge on any atom is -0.379 e. The maximum Gasteiger partial charge on any atom is 0.220 e. The zero-order valence-electron chi connectivity index (χ0n) is 13.9. The molecule has 0 aromatic rings. The Morgan fingerprint density at radius 2 is 2.05 bits per heavy atom. The van der Waals surface area contributed by atoms with Gasteiger partial charge in [-0.15, -0.1) is 0 Å². The molecule has 3 rings (SSSR count). The number of amides is 1. The van der Waals surface area contributed by atoms with Gasteiger partial charge >= 0.3 is 0 Å². The zero-order valence-corrected chi connectivity index (χ0v) is 13.9. The summed E-state index contributed by atoms with van der Waals surface area (Å²) >= 11 is 0. The van der Waals surface area contributed by atoms with Gasteiger partial charge in [-0.05, 0) is 32.6 Å². The lowest BCUT2D eigenvalue weighted by Crippen LogP contribution is -2.56. The summed E-state index contributed by atoms with van der Waals surface area (Å²) in [5.41, 5.74) is 0. The Balaban J connectivity index is 1.50. The van der Waals surface area contributed by atoms with E-state index in [1.807, 2.05) is 0 Å². The summed E-state index contributed by atoms with van der Waals surface area (Å²) < 4.78 is 5.50. The van der Waals surface area contributed by atoms with Gasteiger partial charge in [0.1, 0.15) is 0 Å². The Hall–Kier alpha value is -0.650. The van der Waals surface area contributed by atoms with Crippen molar-refractivity contribution >= 4 is 5.91 Å². The van der Waals surface area contributed by atoms with E-state index in [-0.39, 0.29) is 5.91 Å². The van der Waals surface area contributed by atoms with E-state index in [1.165, 1.54) is 25.7 Å². The van der Waals surface area contributed by atoms with E-state index in [0.717, 1.165) is 39.1 Å². The molecule has 126 valence electrons. The lowest BCUT2D eigenvalue weighted by Gasteiger charge is -2.43. The lowest BCUT2D eigenvalue weighted by atomic mass is 9.88. The molecule has 5 heteroatoms. The molecule has 1 saturated carbocycles. The Kier molecular flexibility index (Phi) is 5.71. The van der Waals surface area contributed by atoms with Gasteiger partial charge in [0.15, 0.2) is 0 Å². The van der Waals surface area contributed by atoms with Crippen molar-refractivity contribution in [3.8, 4) is 0 Å². The van der Waals surface area contributed by atoms with Crippen molar-refractivity contribution in [2.45, 2.75) is 76.0 Å². The third kappa shape index (κ3) is 4.21. The van der Waals surface area contributed by atoms with Gasteiger partial charge in [0.2, 0.25) is 5.91 Å². The van der Waals surface area contributed by atoms with Crippen LogP contribution >= 0.6 is 0 Å². The van der Waals surface area contributed by atoms with E-state index in [4.69, 9.17) is 4.74 Å². The highest BCUT2D eigenvalue weighted by atomic mass is 16.5. The first-order valence-corrected chi connectivity index (χ1v) is 9.09. The first kappa shape index (κ1) is 16.2. The standard InChI is InChI=1S/C17H31N3O2/c1-13(12-14-6-7-17(21)19-14)18-15-4-2-3-5-16(15)20-8-10-22-11-9-20/h13-16,18H,2-12H2,1H3,(H,19,21). The number of rotatable bonds is 5. The number of nitrogens with zero attached hydrogens (tertiary/aromatic N) is 1. The second kappa shape index (κ2) is 7.75. The Morgan fingerprint density at radius 3 is 2.77 bits per heavy atom. The molecule has 2 heterocycles. The highest BCUT2D eigenvalue weighted by molar-refractivity contribution is 5.78. The van der Waals surface area contributed by atoms with Crippen LogP contribution < -0.4 is 10.6 Å². The number of morpholine rings is 1. The van der Waals surface area contributed by atoms with Crippen molar-refractivity contribution in [1.29, 1.82) is 0 Å². The van der Waals surface area contributed by atoms with Crippen LogP contribution in [0.3, 0.4) is 0 Å². The highest BCUT2D eigenvalue weighted by Gasteiger charge is 2.32. The predicted molar refractivity (Wildman–Crippen MR) is 86.8 cm³/mol. The van der Waals surface area contributed by atoms with Crippen molar-refractivity contribution in [3.05, 3.63) is 0 Å². The summed E-state index contributed by atoms with van der Waals surface area (Å²) in [6.45, 7) is 6.20. The van der Waals surface area contributed by atoms with Crippen LogP contribution in [-0.2, 0) is 9.53 Å². The van der Waals surface area contributed by atoms with Gasteiger partial charge in [0.25, 0.3) is 0 Å². The number of ether oxygens (including phenoxy) is 1. The summed E-state index contributed by atoms with van der Waals surface area (Å²) in [4.78, 5) is 14.0. The SMILES string of the molecule is CC(CC1CCC(=O)N1)NC1CCCCC1N1CCOCC1. The van der Waals surface area contributed by atoms with E-state index in [1.54, 1.807) is 0 Å². The minimum absolute atomic E-state index is 0.223. The fraction of sp³-hybridized carbons (Fsp3) is 0.941. The average Bonchev–Trinajstić information content (AvgIpc) is 2.93. The molecular weight excluding hydrogens is 278 g/mol. The van der Waals surface area contributed by atoms with Gasteiger partial charge < -0.3 is 15.4 Å².